The number of amides is 1. The topological polar surface area (TPSA) is 59.5 Å². The van der Waals surface area contributed by atoms with Gasteiger partial charge >= 0.3 is 5.97 Å². The maximum absolute atomic E-state index is 13.3. The number of methoxy groups -OCH3 is 1. The van der Waals surface area contributed by atoms with Crippen molar-refractivity contribution in [1.82, 2.24) is 4.98 Å². The second-order valence-electron chi connectivity index (χ2n) is 5.93. The Labute approximate surface area is 144 Å². The Kier molecular flexibility index (Phi) is 3.69. The van der Waals surface area contributed by atoms with Gasteiger partial charge < -0.3 is 4.74 Å². The Hall–Kier alpha value is -3.21. The number of carbonyl (C=O) groups is 2. The van der Waals surface area contributed by atoms with Crippen LogP contribution in [0.4, 0.5) is 5.69 Å². The number of para-hydroxylation sites is 1. The SMILES string of the molecule is COC(=O)C1Cc2ccccc2N1C(=O)c1nccc2ccccc12. The summed E-state index contributed by atoms with van der Waals surface area (Å²) in [5.41, 5.74) is 2.02. The zero-order valence-electron chi connectivity index (χ0n) is 13.7. The Morgan fingerprint density at radius 1 is 1.08 bits per heavy atom. The summed E-state index contributed by atoms with van der Waals surface area (Å²) in [7, 11) is 1.34. The fourth-order valence-electron chi connectivity index (χ4n) is 3.37. The number of benzene rings is 2. The zero-order chi connectivity index (χ0) is 17.4. The summed E-state index contributed by atoms with van der Waals surface area (Å²) >= 11 is 0. The number of aromatic nitrogens is 1. The highest BCUT2D eigenvalue weighted by Gasteiger charge is 2.40. The summed E-state index contributed by atoms with van der Waals surface area (Å²) in [4.78, 5) is 31.4. The van der Waals surface area contributed by atoms with Gasteiger partial charge in [-0.25, -0.2) is 4.79 Å². The van der Waals surface area contributed by atoms with E-state index < -0.39 is 12.0 Å². The molecular formula is C20H16N2O3. The van der Waals surface area contributed by atoms with E-state index in [1.807, 2.05) is 54.6 Å². The number of fused-ring (bicyclic) bond motifs is 2. The third-order valence-corrected chi connectivity index (χ3v) is 4.54. The van der Waals surface area contributed by atoms with Crippen LogP contribution in [0.25, 0.3) is 10.8 Å². The Morgan fingerprint density at radius 2 is 1.84 bits per heavy atom. The molecule has 2 heterocycles. The highest BCUT2D eigenvalue weighted by atomic mass is 16.5. The molecule has 0 saturated heterocycles. The minimum atomic E-state index is -0.671. The van der Waals surface area contributed by atoms with E-state index in [0.717, 1.165) is 22.0 Å². The van der Waals surface area contributed by atoms with Crippen LogP contribution in [0.1, 0.15) is 16.1 Å². The van der Waals surface area contributed by atoms with Crippen molar-refractivity contribution in [2.45, 2.75) is 12.5 Å². The van der Waals surface area contributed by atoms with Gasteiger partial charge in [-0.2, -0.15) is 0 Å². The van der Waals surface area contributed by atoms with Crippen molar-refractivity contribution in [3.63, 3.8) is 0 Å². The summed E-state index contributed by atoms with van der Waals surface area (Å²) in [6, 6.07) is 16.3. The molecule has 0 spiro atoms. The molecule has 0 aliphatic carbocycles. The first kappa shape index (κ1) is 15.3. The van der Waals surface area contributed by atoms with E-state index >= 15 is 0 Å². The summed E-state index contributed by atoms with van der Waals surface area (Å²) in [5.74, 6) is -0.720. The number of esters is 1. The molecule has 2 aromatic carbocycles. The zero-order valence-corrected chi connectivity index (χ0v) is 13.7. The number of carbonyl (C=O) groups excluding carboxylic acids is 2. The molecule has 0 fully saturated rings. The van der Waals surface area contributed by atoms with Gasteiger partial charge in [0.2, 0.25) is 0 Å². The molecule has 3 aromatic rings. The minimum absolute atomic E-state index is 0.294. The van der Waals surface area contributed by atoms with Crippen molar-refractivity contribution in [3.05, 3.63) is 72.1 Å². The lowest BCUT2D eigenvalue weighted by Crippen LogP contribution is -2.43. The molecule has 0 N–H and O–H groups in total. The first-order chi connectivity index (χ1) is 12.2. The first-order valence-corrected chi connectivity index (χ1v) is 8.04. The van der Waals surface area contributed by atoms with Crippen molar-refractivity contribution >= 4 is 28.3 Å². The van der Waals surface area contributed by atoms with Gasteiger partial charge in [0.05, 0.1) is 7.11 Å². The largest absolute Gasteiger partial charge is 0.467 e. The third-order valence-electron chi connectivity index (χ3n) is 4.54. The number of pyridine rings is 1. The van der Waals surface area contributed by atoms with Crippen molar-refractivity contribution in [2.24, 2.45) is 0 Å². The summed E-state index contributed by atoms with van der Waals surface area (Å²) in [6.07, 6.45) is 2.06. The van der Waals surface area contributed by atoms with Crippen molar-refractivity contribution in [3.8, 4) is 0 Å². The second-order valence-corrected chi connectivity index (χ2v) is 5.93. The van der Waals surface area contributed by atoms with E-state index in [4.69, 9.17) is 4.74 Å². The van der Waals surface area contributed by atoms with Gasteiger partial charge in [0.1, 0.15) is 11.7 Å². The number of rotatable bonds is 2. The van der Waals surface area contributed by atoms with Crippen molar-refractivity contribution in [1.29, 1.82) is 0 Å². The van der Waals surface area contributed by atoms with Gasteiger partial charge in [-0.1, -0.05) is 42.5 Å². The predicted octanol–water partition coefficient (Wildman–Crippen LogP) is 2.98. The summed E-state index contributed by atoms with van der Waals surface area (Å²) in [5, 5.41) is 1.70. The summed E-state index contributed by atoms with van der Waals surface area (Å²) in [6.45, 7) is 0. The van der Waals surface area contributed by atoms with Crippen LogP contribution in [-0.2, 0) is 16.0 Å². The normalized spacial score (nSPS) is 15.9. The Balaban J connectivity index is 1.85. The van der Waals surface area contributed by atoms with Crippen LogP contribution in [0.2, 0.25) is 0 Å². The number of hydrogen-bond donors (Lipinski definition) is 0. The van der Waals surface area contributed by atoms with Gasteiger partial charge in [0.25, 0.3) is 5.91 Å². The van der Waals surface area contributed by atoms with E-state index in [2.05, 4.69) is 4.98 Å². The number of anilines is 1. The first-order valence-electron chi connectivity index (χ1n) is 8.04. The quantitative estimate of drug-likeness (QED) is 0.677. The maximum Gasteiger partial charge on any atom is 0.329 e. The van der Waals surface area contributed by atoms with E-state index in [9.17, 15) is 9.59 Å². The fourth-order valence-corrected chi connectivity index (χ4v) is 3.37. The van der Waals surface area contributed by atoms with Crippen LogP contribution in [-0.4, -0.2) is 30.0 Å². The highest BCUT2D eigenvalue weighted by Crippen LogP contribution is 2.34. The van der Waals surface area contributed by atoms with Crippen LogP contribution >= 0.6 is 0 Å². The van der Waals surface area contributed by atoms with Crippen molar-refractivity contribution < 1.29 is 14.3 Å². The molecule has 1 atom stereocenters. The lowest BCUT2D eigenvalue weighted by molar-refractivity contribution is -0.141. The monoisotopic (exact) mass is 332 g/mol. The van der Waals surface area contributed by atoms with Gasteiger partial charge in [-0.05, 0) is 23.1 Å². The molecule has 1 amide bonds. The molecule has 4 rings (SSSR count). The number of nitrogens with zero attached hydrogens (tertiary/aromatic N) is 2. The molecule has 25 heavy (non-hydrogen) atoms. The molecule has 5 nitrogen and oxygen atoms in total. The maximum atomic E-state index is 13.3. The van der Waals surface area contributed by atoms with Gasteiger partial charge in [0, 0.05) is 23.7 Å². The molecule has 0 saturated carbocycles. The lowest BCUT2D eigenvalue weighted by atomic mass is 10.1. The van der Waals surface area contributed by atoms with Crippen LogP contribution < -0.4 is 4.90 Å². The molecule has 0 bridgehead atoms. The smallest absolute Gasteiger partial charge is 0.329 e. The van der Waals surface area contributed by atoms with E-state index in [0.29, 0.717) is 12.1 Å². The van der Waals surface area contributed by atoms with Crippen LogP contribution in [0, 0.1) is 0 Å². The molecule has 1 aliphatic rings. The molecule has 1 unspecified atom stereocenters. The molecule has 0 radical (unpaired) electrons. The summed E-state index contributed by atoms with van der Waals surface area (Å²) < 4.78 is 4.92. The van der Waals surface area contributed by atoms with Crippen LogP contribution in [0.5, 0.6) is 0 Å². The average Bonchev–Trinajstić information content (AvgIpc) is 3.06. The highest BCUT2D eigenvalue weighted by molar-refractivity contribution is 6.15. The minimum Gasteiger partial charge on any atom is -0.467 e. The Bertz CT molecular complexity index is 978. The predicted molar refractivity (Wildman–Crippen MR) is 94.5 cm³/mol. The van der Waals surface area contributed by atoms with Gasteiger partial charge in [-0.3, -0.25) is 14.7 Å². The molecule has 1 aromatic heterocycles. The van der Waals surface area contributed by atoms with Gasteiger partial charge in [-0.15, -0.1) is 0 Å². The van der Waals surface area contributed by atoms with Crippen molar-refractivity contribution in [2.75, 3.05) is 12.0 Å². The lowest BCUT2D eigenvalue weighted by Gasteiger charge is -2.23. The van der Waals surface area contributed by atoms with Crippen LogP contribution in [0.3, 0.4) is 0 Å². The standard InChI is InChI=1S/C20H16N2O3/c1-25-20(24)17-12-14-7-3-5-9-16(14)22(17)19(23)18-15-8-4-2-6-13(15)10-11-21-18/h2-11,17H,12H2,1H3. The number of ether oxygens (including phenoxy) is 1. The molecule has 5 heteroatoms. The van der Waals surface area contributed by atoms with E-state index in [-0.39, 0.29) is 5.91 Å². The number of hydrogen-bond acceptors (Lipinski definition) is 4. The van der Waals surface area contributed by atoms with E-state index in [1.165, 1.54) is 12.0 Å². The Morgan fingerprint density at radius 3 is 2.68 bits per heavy atom. The van der Waals surface area contributed by atoms with Crippen LogP contribution in [0.15, 0.2) is 60.8 Å². The van der Waals surface area contributed by atoms with Gasteiger partial charge in [0.15, 0.2) is 0 Å². The third kappa shape index (κ3) is 2.45. The molecule has 1 aliphatic heterocycles. The molecule has 124 valence electrons. The van der Waals surface area contributed by atoms with E-state index in [1.54, 1.807) is 6.20 Å². The fraction of sp³-hybridized carbons (Fsp3) is 0.150. The average molecular weight is 332 g/mol. The second kappa shape index (κ2) is 6.02. The molecular weight excluding hydrogens is 316 g/mol.